The van der Waals surface area contributed by atoms with Crippen LogP contribution in [0, 0.1) is 11.3 Å². The molecule has 1 aromatic heterocycles. The van der Waals surface area contributed by atoms with Crippen LogP contribution in [0.15, 0.2) is 11.6 Å². The van der Waals surface area contributed by atoms with Gasteiger partial charge in [0.15, 0.2) is 5.13 Å². The Morgan fingerprint density at radius 1 is 1.27 bits per heavy atom. The van der Waals surface area contributed by atoms with E-state index in [1.54, 1.807) is 11.1 Å². The third kappa shape index (κ3) is 9.90. The van der Waals surface area contributed by atoms with Crippen molar-refractivity contribution in [2.24, 2.45) is 11.3 Å². The molecule has 1 unspecified atom stereocenters. The number of amides is 2. The molecule has 6 heteroatoms. The minimum Gasteiger partial charge on any atom is -0.333 e. The first-order valence-electron chi connectivity index (χ1n) is 9.68. The number of aromatic nitrogens is 1. The minimum atomic E-state index is -0.174. The molecular formula is C20H35N3O2S. The lowest BCUT2D eigenvalue weighted by atomic mass is 9.84. The number of carbonyl (C=O) groups excluding carboxylic acids is 2. The molecule has 2 amide bonds. The molecule has 1 rings (SSSR count). The summed E-state index contributed by atoms with van der Waals surface area (Å²) in [6, 6.07) is 0. The average molecular weight is 382 g/mol. The zero-order valence-electron chi connectivity index (χ0n) is 17.0. The Balaban J connectivity index is 2.60. The Labute approximate surface area is 162 Å². The second kappa shape index (κ2) is 11.3. The summed E-state index contributed by atoms with van der Waals surface area (Å²) in [7, 11) is 0. The average Bonchev–Trinajstić information content (AvgIpc) is 3.01. The number of rotatable bonds is 11. The van der Waals surface area contributed by atoms with Crippen LogP contribution in [0.25, 0.3) is 0 Å². The van der Waals surface area contributed by atoms with Crippen LogP contribution >= 0.6 is 11.3 Å². The molecule has 0 spiro atoms. The Bertz CT molecular complexity index is 538. The van der Waals surface area contributed by atoms with Crippen LogP contribution in [-0.4, -0.2) is 34.8 Å². The molecule has 1 N–H and O–H groups in total. The second-order valence-electron chi connectivity index (χ2n) is 8.34. The maximum absolute atomic E-state index is 12.8. The lowest BCUT2D eigenvalue weighted by Crippen LogP contribution is -2.39. The molecule has 0 saturated carbocycles. The third-order valence-electron chi connectivity index (χ3n) is 4.13. The highest BCUT2D eigenvalue weighted by Gasteiger charge is 2.22. The van der Waals surface area contributed by atoms with E-state index in [1.165, 1.54) is 11.3 Å². The topological polar surface area (TPSA) is 62.3 Å². The summed E-state index contributed by atoms with van der Waals surface area (Å²) in [5, 5.41) is 5.17. The largest absolute Gasteiger partial charge is 0.333 e. The number of unbranched alkanes of at least 4 members (excludes halogenated alkanes) is 3. The van der Waals surface area contributed by atoms with E-state index in [1.807, 2.05) is 5.38 Å². The van der Waals surface area contributed by atoms with Gasteiger partial charge in [0.2, 0.25) is 11.8 Å². The normalized spacial score (nSPS) is 12.7. The van der Waals surface area contributed by atoms with Gasteiger partial charge in [-0.3, -0.25) is 9.59 Å². The fraction of sp³-hybridized carbons (Fsp3) is 0.750. The van der Waals surface area contributed by atoms with Crippen molar-refractivity contribution in [2.75, 3.05) is 18.4 Å². The summed E-state index contributed by atoms with van der Waals surface area (Å²) >= 11 is 1.38. The fourth-order valence-corrected chi connectivity index (χ4v) is 3.73. The summed E-state index contributed by atoms with van der Waals surface area (Å²) in [5.74, 6) is 0.211. The smallest absolute Gasteiger partial charge is 0.245 e. The van der Waals surface area contributed by atoms with E-state index in [-0.39, 0.29) is 23.8 Å². The minimum absolute atomic E-state index is 0.0764. The van der Waals surface area contributed by atoms with E-state index >= 15 is 0 Å². The fourth-order valence-electron chi connectivity index (χ4n) is 3.18. The van der Waals surface area contributed by atoms with Gasteiger partial charge in [-0.15, -0.1) is 11.3 Å². The van der Waals surface area contributed by atoms with Crippen LogP contribution in [0.1, 0.15) is 73.1 Å². The Kier molecular flexibility index (Phi) is 9.84. The predicted molar refractivity (Wildman–Crippen MR) is 109 cm³/mol. The summed E-state index contributed by atoms with van der Waals surface area (Å²) in [4.78, 5) is 30.9. The Morgan fingerprint density at radius 3 is 2.58 bits per heavy atom. The van der Waals surface area contributed by atoms with Gasteiger partial charge >= 0.3 is 0 Å². The van der Waals surface area contributed by atoms with Crippen LogP contribution in [0.2, 0.25) is 0 Å². The van der Waals surface area contributed by atoms with Gasteiger partial charge in [0.1, 0.15) is 0 Å². The Morgan fingerprint density at radius 2 is 2.00 bits per heavy atom. The molecular weight excluding hydrogens is 346 g/mol. The molecule has 0 saturated heterocycles. The first kappa shape index (κ1) is 22.6. The van der Waals surface area contributed by atoms with Crippen LogP contribution in [-0.2, 0) is 9.59 Å². The first-order valence-corrected chi connectivity index (χ1v) is 10.6. The van der Waals surface area contributed by atoms with Crippen molar-refractivity contribution in [2.45, 2.75) is 73.1 Å². The summed E-state index contributed by atoms with van der Waals surface area (Å²) < 4.78 is 0. The van der Waals surface area contributed by atoms with Crippen molar-refractivity contribution in [1.82, 2.24) is 9.88 Å². The van der Waals surface area contributed by atoms with Gasteiger partial charge in [0.05, 0.1) is 6.54 Å². The number of hydrogen-bond acceptors (Lipinski definition) is 4. The van der Waals surface area contributed by atoms with E-state index < -0.39 is 0 Å². The van der Waals surface area contributed by atoms with Crippen molar-refractivity contribution < 1.29 is 9.59 Å². The molecule has 0 aromatic carbocycles. The number of thiazole rings is 1. The molecule has 0 aliphatic heterocycles. The first-order chi connectivity index (χ1) is 12.2. The van der Waals surface area contributed by atoms with Crippen molar-refractivity contribution in [1.29, 1.82) is 0 Å². The monoisotopic (exact) mass is 381 g/mol. The number of anilines is 1. The van der Waals surface area contributed by atoms with Crippen molar-refractivity contribution in [3.8, 4) is 0 Å². The van der Waals surface area contributed by atoms with E-state index in [0.29, 0.717) is 24.0 Å². The molecule has 1 heterocycles. The number of nitrogens with one attached hydrogen (secondary N) is 1. The molecule has 0 fully saturated rings. The highest BCUT2D eigenvalue weighted by atomic mass is 32.1. The lowest BCUT2D eigenvalue weighted by molar-refractivity contribution is -0.135. The molecule has 5 nitrogen and oxygen atoms in total. The van der Waals surface area contributed by atoms with Crippen molar-refractivity contribution in [3.63, 3.8) is 0 Å². The van der Waals surface area contributed by atoms with Crippen molar-refractivity contribution >= 4 is 28.3 Å². The molecule has 1 aromatic rings. The molecule has 26 heavy (non-hydrogen) atoms. The highest BCUT2D eigenvalue weighted by Crippen LogP contribution is 2.26. The zero-order chi connectivity index (χ0) is 19.6. The van der Waals surface area contributed by atoms with Crippen LogP contribution < -0.4 is 5.32 Å². The maximum atomic E-state index is 12.8. The molecule has 148 valence electrons. The van der Waals surface area contributed by atoms with E-state index in [0.717, 1.165) is 32.1 Å². The predicted octanol–water partition coefficient (Wildman–Crippen LogP) is 4.95. The van der Waals surface area contributed by atoms with Gasteiger partial charge in [0, 0.05) is 24.5 Å². The lowest BCUT2D eigenvalue weighted by Gasteiger charge is -2.26. The van der Waals surface area contributed by atoms with E-state index in [9.17, 15) is 9.59 Å². The highest BCUT2D eigenvalue weighted by molar-refractivity contribution is 7.13. The number of carbonyl (C=O) groups is 2. The van der Waals surface area contributed by atoms with Gasteiger partial charge in [-0.05, 0) is 24.2 Å². The quantitative estimate of drug-likeness (QED) is 0.551. The number of hydrogen-bond donors (Lipinski definition) is 1. The van der Waals surface area contributed by atoms with Gasteiger partial charge in [0.25, 0.3) is 0 Å². The maximum Gasteiger partial charge on any atom is 0.245 e. The molecule has 1 atom stereocenters. The molecule has 0 bridgehead atoms. The molecule has 0 aliphatic rings. The SMILES string of the molecule is CCCCCCN(CC(=O)Nc1nccs1)C(=O)CC(C)CC(C)(C)C. The van der Waals surface area contributed by atoms with E-state index in [4.69, 9.17) is 0 Å². The Hall–Kier alpha value is -1.43. The number of nitrogens with zero attached hydrogens (tertiary/aromatic N) is 2. The zero-order valence-corrected chi connectivity index (χ0v) is 17.8. The van der Waals surface area contributed by atoms with Crippen molar-refractivity contribution in [3.05, 3.63) is 11.6 Å². The van der Waals surface area contributed by atoms with Gasteiger partial charge < -0.3 is 10.2 Å². The van der Waals surface area contributed by atoms with Gasteiger partial charge in [-0.25, -0.2) is 4.98 Å². The summed E-state index contributed by atoms with van der Waals surface area (Å²) in [5.41, 5.74) is 0.202. The molecule has 0 radical (unpaired) electrons. The third-order valence-corrected chi connectivity index (χ3v) is 4.82. The summed E-state index contributed by atoms with van der Waals surface area (Å²) in [6.45, 7) is 11.6. The molecule has 0 aliphatic carbocycles. The van der Waals surface area contributed by atoms with Crippen LogP contribution in [0.5, 0.6) is 0 Å². The standard InChI is InChI=1S/C20H35N3O2S/c1-6-7-8-9-11-23(15-17(24)22-19-21-10-12-26-19)18(25)13-16(2)14-20(3,4)5/h10,12,16H,6-9,11,13-15H2,1-5H3,(H,21,22,24). The van der Waals surface area contributed by atoms with Gasteiger partial charge in [-0.2, -0.15) is 0 Å². The van der Waals surface area contributed by atoms with Crippen LogP contribution in [0.3, 0.4) is 0 Å². The van der Waals surface area contributed by atoms with E-state index in [2.05, 4.69) is 44.9 Å². The van der Waals surface area contributed by atoms with Gasteiger partial charge in [-0.1, -0.05) is 53.9 Å². The second-order valence-corrected chi connectivity index (χ2v) is 9.23. The summed E-state index contributed by atoms with van der Waals surface area (Å²) in [6.07, 6.45) is 7.49. The van der Waals surface area contributed by atoms with Crippen LogP contribution in [0.4, 0.5) is 5.13 Å².